The molecule has 0 bridgehead atoms. The zero-order chi connectivity index (χ0) is 22.4. The number of benzene rings is 2. The van der Waals surface area contributed by atoms with Crippen LogP contribution in [0.1, 0.15) is 29.3 Å². The first-order valence-electron chi connectivity index (χ1n) is 9.39. The van der Waals surface area contributed by atoms with Gasteiger partial charge in [-0.1, -0.05) is 19.1 Å². The van der Waals surface area contributed by atoms with E-state index in [4.69, 9.17) is 9.47 Å². The van der Waals surface area contributed by atoms with Crippen LogP contribution in [0.5, 0.6) is 17.2 Å². The molecule has 162 valence electrons. The highest BCUT2D eigenvalue weighted by Gasteiger charge is 2.32. The van der Waals surface area contributed by atoms with Gasteiger partial charge in [0.15, 0.2) is 11.5 Å². The molecule has 0 saturated heterocycles. The molecule has 3 rings (SSSR count). The maximum Gasteiger partial charge on any atom is 0.416 e. The molecular formula is C22H19F3N2O4. The van der Waals surface area contributed by atoms with Crippen molar-refractivity contribution in [3.63, 3.8) is 0 Å². The second-order valence-electron chi connectivity index (χ2n) is 6.50. The summed E-state index contributed by atoms with van der Waals surface area (Å²) in [5, 5.41) is 2.42. The van der Waals surface area contributed by atoms with Crippen LogP contribution in [0.25, 0.3) is 0 Å². The van der Waals surface area contributed by atoms with E-state index in [-0.39, 0.29) is 22.7 Å². The predicted octanol–water partition coefficient (Wildman–Crippen LogP) is 5.23. The molecule has 1 amide bonds. The molecule has 1 heterocycles. The largest absolute Gasteiger partial charge is 0.490 e. The average Bonchev–Trinajstić information content (AvgIpc) is 2.72. The van der Waals surface area contributed by atoms with E-state index in [1.807, 2.05) is 6.92 Å². The van der Waals surface area contributed by atoms with Gasteiger partial charge in [-0.2, -0.15) is 13.2 Å². The number of nitrogens with one attached hydrogen (secondary N) is 2. The lowest BCUT2D eigenvalue weighted by molar-refractivity contribution is -0.137. The molecule has 1 aromatic heterocycles. The lowest BCUT2D eigenvalue weighted by atomic mass is 10.1. The first kappa shape index (κ1) is 21.9. The van der Waals surface area contributed by atoms with E-state index in [9.17, 15) is 22.8 Å². The molecule has 0 atom stereocenters. The number of para-hydroxylation sites is 2. The Kier molecular flexibility index (Phi) is 6.64. The summed E-state index contributed by atoms with van der Waals surface area (Å²) in [6.07, 6.45) is -2.60. The fourth-order valence-electron chi connectivity index (χ4n) is 2.68. The highest BCUT2D eigenvalue weighted by molar-refractivity contribution is 6.06. The van der Waals surface area contributed by atoms with Crippen molar-refractivity contribution >= 4 is 11.6 Å². The molecule has 0 unspecified atom stereocenters. The summed E-state index contributed by atoms with van der Waals surface area (Å²) in [5.41, 5.74) is -1.70. The molecule has 0 aliphatic carbocycles. The third-order valence-electron chi connectivity index (χ3n) is 4.12. The summed E-state index contributed by atoms with van der Waals surface area (Å²) >= 11 is 0. The van der Waals surface area contributed by atoms with E-state index in [0.717, 1.165) is 24.6 Å². The Morgan fingerprint density at radius 3 is 2.45 bits per heavy atom. The van der Waals surface area contributed by atoms with Crippen molar-refractivity contribution in [2.45, 2.75) is 19.5 Å². The SMILES string of the molecule is CCCOc1ccccc1Oc1ccc(C(F)(F)F)cc1C(=O)Nc1cc[nH]c(=O)c1. The van der Waals surface area contributed by atoms with Crippen LogP contribution in [0.4, 0.5) is 18.9 Å². The average molecular weight is 432 g/mol. The minimum atomic E-state index is -4.65. The summed E-state index contributed by atoms with van der Waals surface area (Å²) in [6, 6.07) is 11.8. The van der Waals surface area contributed by atoms with Crippen LogP contribution in [-0.4, -0.2) is 17.5 Å². The molecule has 0 aliphatic heterocycles. The Hall–Kier alpha value is -3.75. The van der Waals surface area contributed by atoms with Crippen molar-refractivity contribution in [3.05, 3.63) is 82.3 Å². The normalized spacial score (nSPS) is 11.1. The number of anilines is 1. The molecule has 0 spiro atoms. The number of hydrogen-bond donors (Lipinski definition) is 2. The zero-order valence-corrected chi connectivity index (χ0v) is 16.5. The summed E-state index contributed by atoms with van der Waals surface area (Å²) in [5.74, 6) is -0.312. The Bertz CT molecular complexity index is 1130. The molecule has 2 aromatic carbocycles. The summed E-state index contributed by atoms with van der Waals surface area (Å²) < 4.78 is 51.1. The van der Waals surface area contributed by atoms with Gasteiger partial charge in [0.2, 0.25) is 5.56 Å². The molecule has 9 heteroatoms. The number of carbonyl (C=O) groups excluding carboxylic acids is 1. The van der Waals surface area contributed by atoms with Crippen LogP contribution < -0.4 is 20.3 Å². The van der Waals surface area contributed by atoms with Gasteiger partial charge < -0.3 is 19.8 Å². The van der Waals surface area contributed by atoms with E-state index >= 15 is 0 Å². The standard InChI is InChI=1S/C22H19F3N2O4/c1-2-11-30-18-5-3-4-6-19(18)31-17-8-7-14(22(23,24)25)12-16(17)21(29)27-15-9-10-26-20(28)13-15/h3-10,12-13H,2,11H2,1H3,(H2,26,27,28,29). The number of carbonyl (C=O) groups is 1. The fourth-order valence-corrected chi connectivity index (χ4v) is 2.68. The zero-order valence-electron chi connectivity index (χ0n) is 16.5. The van der Waals surface area contributed by atoms with E-state index in [0.29, 0.717) is 18.4 Å². The van der Waals surface area contributed by atoms with Gasteiger partial charge in [0.1, 0.15) is 5.75 Å². The summed E-state index contributed by atoms with van der Waals surface area (Å²) in [7, 11) is 0. The fraction of sp³-hybridized carbons (Fsp3) is 0.182. The van der Waals surface area contributed by atoms with E-state index in [2.05, 4.69) is 10.3 Å². The van der Waals surface area contributed by atoms with Crippen LogP contribution in [0, 0.1) is 0 Å². The van der Waals surface area contributed by atoms with Gasteiger partial charge in [-0.15, -0.1) is 0 Å². The molecular weight excluding hydrogens is 413 g/mol. The Balaban J connectivity index is 1.98. The van der Waals surface area contributed by atoms with Gasteiger partial charge in [-0.25, -0.2) is 0 Å². The minimum absolute atomic E-state index is 0.0945. The maximum atomic E-state index is 13.2. The molecule has 2 N–H and O–H groups in total. The number of rotatable bonds is 7. The molecule has 0 saturated carbocycles. The number of hydrogen-bond acceptors (Lipinski definition) is 4. The van der Waals surface area contributed by atoms with Crippen LogP contribution in [-0.2, 0) is 6.18 Å². The van der Waals surface area contributed by atoms with Crippen molar-refractivity contribution in [1.82, 2.24) is 4.98 Å². The van der Waals surface area contributed by atoms with Crippen molar-refractivity contribution in [2.24, 2.45) is 0 Å². The molecule has 0 fully saturated rings. The number of ether oxygens (including phenoxy) is 2. The first-order valence-corrected chi connectivity index (χ1v) is 9.39. The van der Waals surface area contributed by atoms with Crippen LogP contribution in [0.3, 0.4) is 0 Å². The van der Waals surface area contributed by atoms with Gasteiger partial charge in [-0.05, 0) is 42.8 Å². The first-order chi connectivity index (χ1) is 14.8. The van der Waals surface area contributed by atoms with Gasteiger partial charge in [0, 0.05) is 18.0 Å². The molecule has 3 aromatic rings. The number of pyridine rings is 1. The summed E-state index contributed by atoms with van der Waals surface area (Å²) in [6.45, 7) is 2.35. The third-order valence-corrected chi connectivity index (χ3v) is 4.12. The predicted molar refractivity (Wildman–Crippen MR) is 109 cm³/mol. The third kappa shape index (κ3) is 5.65. The van der Waals surface area contributed by atoms with Crippen molar-refractivity contribution < 1.29 is 27.4 Å². The van der Waals surface area contributed by atoms with Gasteiger partial charge in [0.05, 0.1) is 17.7 Å². The Labute approximate surface area is 175 Å². The van der Waals surface area contributed by atoms with Crippen LogP contribution >= 0.6 is 0 Å². The second-order valence-corrected chi connectivity index (χ2v) is 6.50. The molecule has 0 aliphatic rings. The monoisotopic (exact) mass is 432 g/mol. The number of alkyl halides is 3. The topological polar surface area (TPSA) is 80.4 Å². The molecule has 0 radical (unpaired) electrons. The number of halogens is 3. The Morgan fingerprint density at radius 2 is 1.77 bits per heavy atom. The molecule has 31 heavy (non-hydrogen) atoms. The van der Waals surface area contributed by atoms with Crippen LogP contribution in [0.15, 0.2) is 65.6 Å². The highest BCUT2D eigenvalue weighted by atomic mass is 19.4. The minimum Gasteiger partial charge on any atom is -0.490 e. The van der Waals surface area contributed by atoms with Gasteiger partial charge in [0.25, 0.3) is 5.91 Å². The highest BCUT2D eigenvalue weighted by Crippen LogP contribution is 2.37. The second kappa shape index (κ2) is 9.38. The van der Waals surface area contributed by atoms with E-state index < -0.39 is 23.2 Å². The lowest BCUT2D eigenvalue weighted by Crippen LogP contribution is -2.16. The number of amides is 1. The Morgan fingerprint density at radius 1 is 1.03 bits per heavy atom. The van der Waals surface area contributed by atoms with Gasteiger partial charge >= 0.3 is 6.18 Å². The number of aromatic nitrogens is 1. The number of H-pyrrole nitrogens is 1. The van der Waals surface area contributed by atoms with Crippen molar-refractivity contribution in [3.8, 4) is 17.2 Å². The quantitative estimate of drug-likeness (QED) is 0.536. The van der Waals surface area contributed by atoms with Gasteiger partial charge in [-0.3, -0.25) is 9.59 Å². The van der Waals surface area contributed by atoms with Crippen LogP contribution in [0.2, 0.25) is 0 Å². The maximum absolute atomic E-state index is 13.2. The smallest absolute Gasteiger partial charge is 0.416 e. The van der Waals surface area contributed by atoms with Crippen molar-refractivity contribution in [2.75, 3.05) is 11.9 Å². The van der Waals surface area contributed by atoms with Crippen molar-refractivity contribution in [1.29, 1.82) is 0 Å². The lowest BCUT2D eigenvalue weighted by Gasteiger charge is -2.16. The van der Waals surface area contributed by atoms with E-state index in [1.54, 1.807) is 24.3 Å². The molecule has 6 nitrogen and oxygen atoms in total. The number of aromatic amines is 1. The summed E-state index contributed by atoms with van der Waals surface area (Å²) in [4.78, 5) is 26.6. The van der Waals surface area contributed by atoms with E-state index in [1.165, 1.54) is 12.3 Å².